The fourth-order valence-corrected chi connectivity index (χ4v) is 3.83. The second-order valence-corrected chi connectivity index (χ2v) is 7.95. The molecule has 0 bridgehead atoms. The molecule has 0 aromatic heterocycles. The lowest BCUT2D eigenvalue weighted by Crippen LogP contribution is -2.64. The monoisotopic (exact) mass is 336 g/mol. The lowest BCUT2D eigenvalue weighted by molar-refractivity contribution is -0.131. The van der Waals surface area contributed by atoms with E-state index in [0.717, 1.165) is 45.1 Å². The average Bonchev–Trinajstić information content (AvgIpc) is 2.58. The average molecular weight is 337 g/mol. The molecule has 1 aromatic carbocycles. The topological polar surface area (TPSA) is 24.9 Å². The summed E-state index contributed by atoms with van der Waals surface area (Å²) in [5.41, 5.74) is 2.81. The van der Waals surface area contributed by atoms with Crippen LogP contribution in [-0.4, -0.2) is 63.2 Å². The fourth-order valence-electron chi connectivity index (χ4n) is 3.41. The van der Waals surface area contributed by atoms with Gasteiger partial charge in [0, 0.05) is 31.4 Å². The molecule has 1 atom stereocenters. The highest BCUT2D eigenvalue weighted by Crippen LogP contribution is 2.36. The van der Waals surface area contributed by atoms with E-state index in [9.17, 15) is 0 Å². The van der Waals surface area contributed by atoms with Gasteiger partial charge < -0.3 is 14.4 Å². The number of anilines is 1. The second kappa shape index (κ2) is 6.91. The Balaban J connectivity index is 1.70. The Bertz CT molecular complexity index is 540. The van der Waals surface area contributed by atoms with Crippen molar-refractivity contribution in [1.82, 2.24) is 4.90 Å². The van der Waals surface area contributed by atoms with E-state index >= 15 is 0 Å². The smallest absolute Gasteiger partial charge is 0.142 e. The number of benzene rings is 1. The first kappa shape index (κ1) is 16.9. The summed E-state index contributed by atoms with van der Waals surface area (Å²) < 4.78 is 11.1. The SMILES string of the molecule is COc1cc(C(C)SC)ccc1N1CCN(C2(C)COC2)CC1. The van der Waals surface area contributed by atoms with Crippen LogP contribution in [0.5, 0.6) is 5.75 Å². The van der Waals surface area contributed by atoms with E-state index in [2.05, 4.69) is 48.1 Å². The normalized spacial score (nSPS) is 22.5. The van der Waals surface area contributed by atoms with Gasteiger partial charge >= 0.3 is 0 Å². The van der Waals surface area contributed by atoms with Gasteiger partial charge in [0.25, 0.3) is 0 Å². The van der Waals surface area contributed by atoms with Crippen LogP contribution in [0.2, 0.25) is 0 Å². The molecule has 0 aliphatic carbocycles. The summed E-state index contributed by atoms with van der Waals surface area (Å²) >= 11 is 1.86. The Labute approximate surface area is 144 Å². The number of nitrogens with zero attached hydrogens (tertiary/aromatic N) is 2. The minimum absolute atomic E-state index is 0.258. The zero-order valence-electron chi connectivity index (χ0n) is 14.7. The van der Waals surface area contributed by atoms with E-state index in [1.807, 2.05) is 11.8 Å². The summed E-state index contributed by atoms with van der Waals surface area (Å²) in [7, 11) is 1.77. The van der Waals surface area contributed by atoms with E-state index in [1.54, 1.807) is 7.11 Å². The van der Waals surface area contributed by atoms with Crippen molar-refractivity contribution in [2.45, 2.75) is 24.6 Å². The summed E-state index contributed by atoms with van der Waals surface area (Å²) in [6.07, 6.45) is 2.15. The van der Waals surface area contributed by atoms with Gasteiger partial charge in [-0.2, -0.15) is 11.8 Å². The van der Waals surface area contributed by atoms with Gasteiger partial charge in [0.05, 0.1) is 31.5 Å². The van der Waals surface area contributed by atoms with Crippen LogP contribution in [0.1, 0.15) is 24.7 Å². The van der Waals surface area contributed by atoms with Gasteiger partial charge in [0.15, 0.2) is 0 Å². The van der Waals surface area contributed by atoms with Crippen LogP contribution >= 0.6 is 11.8 Å². The number of hydrogen-bond donors (Lipinski definition) is 0. The highest BCUT2D eigenvalue weighted by atomic mass is 32.2. The molecule has 2 saturated heterocycles. The number of rotatable bonds is 5. The predicted molar refractivity (Wildman–Crippen MR) is 97.9 cm³/mol. The van der Waals surface area contributed by atoms with Crippen molar-refractivity contribution in [3.8, 4) is 5.75 Å². The molecule has 0 spiro atoms. The first-order valence-corrected chi connectivity index (χ1v) is 9.64. The number of ether oxygens (including phenoxy) is 2. The number of piperazine rings is 1. The van der Waals surface area contributed by atoms with Crippen LogP contribution in [0.25, 0.3) is 0 Å². The second-order valence-electron chi connectivity index (χ2n) is 6.77. The van der Waals surface area contributed by atoms with Crippen molar-refractivity contribution in [1.29, 1.82) is 0 Å². The third-order valence-corrected chi connectivity index (χ3v) is 6.22. The standard InChI is InChI=1S/C18H28N2O2S/c1-14(23-4)15-5-6-16(17(11-15)21-3)19-7-9-20(10-8-19)18(2)12-22-13-18/h5-6,11,14H,7-10,12-13H2,1-4H3. The third kappa shape index (κ3) is 3.32. The molecule has 0 N–H and O–H groups in total. The number of hydrogen-bond acceptors (Lipinski definition) is 5. The van der Waals surface area contributed by atoms with Crippen LogP contribution in [0.15, 0.2) is 18.2 Å². The van der Waals surface area contributed by atoms with Crippen molar-refractivity contribution >= 4 is 17.4 Å². The van der Waals surface area contributed by atoms with Gasteiger partial charge in [0.2, 0.25) is 0 Å². The summed E-state index contributed by atoms with van der Waals surface area (Å²) in [5.74, 6) is 0.995. The lowest BCUT2D eigenvalue weighted by Gasteiger charge is -2.50. The maximum absolute atomic E-state index is 5.68. The van der Waals surface area contributed by atoms with E-state index in [-0.39, 0.29) is 5.54 Å². The first-order chi connectivity index (χ1) is 11.1. The molecular formula is C18H28N2O2S. The minimum Gasteiger partial charge on any atom is -0.495 e. The molecule has 2 fully saturated rings. The highest BCUT2D eigenvalue weighted by Gasteiger charge is 2.40. The molecule has 1 aromatic rings. The molecule has 0 amide bonds. The lowest BCUT2D eigenvalue weighted by atomic mass is 9.97. The van der Waals surface area contributed by atoms with Gasteiger partial charge in [-0.1, -0.05) is 6.07 Å². The molecule has 2 aliphatic heterocycles. The molecule has 5 heteroatoms. The van der Waals surface area contributed by atoms with Gasteiger partial charge in [-0.25, -0.2) is 0 Å². The quantitative estimate of drug-likeness (QED) is 0.823. The zero-order chi connectivity index (χ0) is 16.4. The molecule has 128 valence electrons. The van der Waals surface area contributed by atoms with Crippen LogP contribution in [0.4, 0.5) is 5.69 Å². The van der Waals surface area contributed by atoms with E-state index in [4.69, 9.17) is 9.47 Å². The third-order valence-electron chi connectivity index (χ3n) is 5.24. The molecule has 4 nitrogen and oxygen atoms in total. The van der Waals surface area contributed by atoms with Gasteiger partial charge in [-0.15, -0.1) is 0 Å². The Morgan fingerprint density at radius 2 is 1.91 bits per heavy atom. The minimum atomic E-state index is 0.258. The Morgan fingerprint density at radius 1 is 1.22 bits per heavy atom. The van der Waals surface area contributed by atoms with Crippen molar-refractivity contribution in [3.63, 3.8) is 0 Å². The maximum atomic E-state index is 5.68. The summed E-state index contributed by atoms with van der Waals surface area (Å²) in [5, 5.41) is 0.494. The zero-order valence-corrected chi connectivity index (χ0v) is 15.5. The molecule has 1 unspecified atom stereocenters. The fraction of sp³-hybridized carbons (Fsp3) is 0.667. The Morgan fingerprint density at radius 3 is 2.43 bits per heavy atom. The summed E-state index contributed by atoms with van der Waals surface area (Å²) in [6.45, 7) is 10.6. The molecule has 3 rings (SSSR count). The maximum Gasteiger partial charge on any atom is 0.142 e. The van der Waals surface area contributed by atoms with Gasteiger partial charge in [-0.3, -0.25) is 4.90 Å². The Kier molecular flexibility index (Phi) is 5.09. The molecular weight excluding hydrogens is 308 g/mol. The summed E-state index contributed by atoms with van der Waals surface area (Å²) in [4.78, 5) is 5.02. The van der Waals surface area contributed by atoms with E-state index < -0.39 is 0 Å². The molecule has 23 heavy (non-hydrogen) atoms. The predicted octanol–water partition coefficient (Wildman–Crippen LogP) is 3.03. The van der Waals surface area contributed by atoms with Crippen molar-refractivity contribution in [2.75, 3.05) is 57.7 Å². The largest absolute Gasteiger partial charge is 0.495 e. The molecule has 0 saturated carbocycles. The van der Waals surface area contributed by atoms with Gasteiger partial charge in [-0.05, 0) is 37.8 Å². The van der Waals surface area contributed by atoms with E-state index in [1.165, 1.54) is 11.3 Å². The molecule has 2 heterocycles. The van der Waals surface area contributed by atoms with Crippen LogP contribution in [0, 0.1) is 0 Å². The number of thioether (sulfide) groups is 1. The molecule has 2 aliphatic rings. The van der Waals surface area contributed by atoms with Crippen LogP contribution in [-0.2, 0) is 4.74 Å². The van der Waals surface area contributed by atoms with Crippen LogP contribution in [0.3, 0.4) is 0 Å². The molecule has 0 radical (unpaired) electrons. The van der Waals surface area contributed by atoms with Gasteiger partial charge in [0.1, 0.15) is 5.75 Å². The Hall–Kier alpha value is -0.910. The van der Waals surface area contributed by atoms with E-state index in [0.29, 0.717) is 5.25 Å². The number of methoxy groups -OCH3 is 1. The van der Waals surface area contributed by atoms with Crippen molar-refractivity contribution in [2.24, 2.45) is 0 Å². The summed E-state index contributed by atoms with van der Waals surface area (Å²) in [6, 6.07) is 6.67. The first-order valence-electron chi connectivity index (χ1n) is 8.36. The van der Waals surface area contributed by atoms with Crippen LogP contribution < -0.4 is 9.64 Å². The highest BCUT2D eigenvalue weighted by molar-refractivity contribution is 7.98. The van der Waals surface area contributed by atoms with Crippen molar-refractivity contribution < 1.29 is 9.47 Å². The van der Waals surface area contributed by atoms with Crippen molar-refractivity contribution in [3.05, 3.63) is 23.8 Å².